The van der Waals surface area contributed by atoms with E-state index in [4.69, 9.17) is 5.11 Å². The van der Waals surface area contributed by atoms with Crippen molar-refractivity contribution < 1.29 is 19.8 Å². The van der Waals surface area contributed by atoms with Gasteiger partial charge < -0.3 is 15.5 Å². The van der Waals surface area contributed by atoms with Gasteiger partial charge in [0.25, 0.3) is 0 Å². The number of benzene rings is 2. The third kappa shape index (κ3) is 5.70. The summed E-state index contributed by atoms with van der Waals surface area (Å²) in [7, 11) is 0. The first kappa shape index (κ1) is 22.2. The molecule has 1 amide bonds. The molecule has 2 rings (SSSR count). The summed E-state index contributed by atoms with van der Waals surface area (Å²) < 4.78 is 0. The number of carbonyl (C=O) groups is 2. The summed E-state index contributed by atoms with van der Waals surface area (Å²) in [5, 5.41) is 22.4. The lowest BCUT2D eigenvalue weighted by Gasteiger charge is -2.27. The van der Waals surface area contributed by atoms with Crippen LogP contribution >= 0.6 is 0 Å². The molecule has 0 unspecified atom stereocenters. The molecule has 0 aromatic heterocycles. The molecule has 5 heteroatoms. The number of hydrogen-bond donors (Lipinski definition) is 3. The van der Waals surface area contributed by atoms with E-state index in [2.05, 4.69) is 5.32 Å². The van der Waals surface area contributed by atoms with Gasteiger partial charge in [0.05, 0.1) is 5.56 Å². The normalized spacial score (nSPS) is 12.2. The number of aromatic carboxylic acids is 1. The van der Waals surface area contributed by atoms with Crippen LogP contribution in [0.5, 0.6) is 5.75 Å². The van der Waals surface area contributed by atoms with Crippen LogP contribution in [0.2, 0.25) is 0 Å². The lowest BCUT2D eigenvalue weighted by molar-refractivity contribution is -0.111. The summed E-state index contributed by atoms with van der Waals surface area (Å²) in [5.74, 6) is -1.04. The average molecular weight is 395 g/mol. The average Bonchev–Trinajstić information content (AvgIpc) is 2.59. The number of phenols is 1. The van der Waals surface area contributed by atoms with Gasteiger partial charge in [0, 0.05) is 22.9 Å². The number of phenolic OH excluding ortho intramolecular Hbond substituents is 1. The van der Waals surface area contributed by atoms with Crippen molar-refractivity contribution in [1.82, 2.24) is 0 Å². The molecule has 0 saturated carbocycles. The van der Waals surface area contributed by atoms with E-state index in [0.29, 0.717) is 11.4 Å². The number of hydrogen-bond acceptors (Lipinski definition) is 3. The lowest BCUT2D eigenvalue weighted by atomic mass is 9.78. The highest BCUT2D eigenvalue weighted by atomic mass is 16.4. The molecule has 3 N–H and O–H groups in total. The van der Waals surface area contributed by atoms with Gasteiger partial charge in [-0.05, 0) is 58.9 Å². The molecule has 154 valence electrons. The standard InChI is InChI=1S/C24H29NO4/c1-23(2,3)18-13-15(14-19(21(18)27)24(4,5)6)7-12-20(26)25-17-10-8-16(9-11-17)22(28)29/h7-14,27H,1-6H3,(H,25,26)(H,28,29). The molecule has 0 saturated heterocycles. The highest BCUT2D eigenvalue weighted by Crippen LogP contribution is 2.40. The maximum absolute atomic E-state index is 12.3. The van der Waals surface area contributed by atoms with E-state index in [0.717, 1.165) is 16.7 Å². The number of carboxylic acid groups (broad SMARTS) is 1. The molecule has 0 spiro atoms. The van der Waals surface area contributed by atoms with Crippen LogP contribution in [0.1, 0.15) is 68.6 Å². The molecule has 2 aromatic rings. The topological polar surface area (TPSA) is 86.6 Å². The summed E-state index contributed by atoms with van der Waals surface area (Å²) in [5.41, 5.74) is 2.66. The van der Waals surface area contributed by atoms with Crippen molar-refractivity contribution in [3.8, 4) is 5.75 Å². The Balaban J connectivity index is 2.29. The molecular weight excluding hydrogens is 366 g/mol. The van der Waals surface area contributed by atoms with Gasteiger partial charge >= 0.3 is 5.97 Å². The van der Waals surface area contributed by atoms with Crippen molar-refractivity contribution in [2.24, 2.45) is 0 Å². The van der Waals surface area contributed by atoms with Crippen LogP contribution in [0.3, 0.4) is 0 Å². The van der Waals surface area contributed by atoms with Crippen molar-refractivity contribution in [3.63, 3.8) is 0 Å². The van der Waals surface area contributed by atoms with Gasteiger partial charge in [-0.3, -0.25) is 4.79 Å². The number of amides is 1. The molecule has 0 bridgehead atoms. The van der Waals surface area contributed by atoms with E-state index in [1.165, 1.54) is 18.2 Å². The van der Waals surface area contributed by atoms with Gasteiger partial charge in [-0.2, -0.15) is 0 Å². The molecule has 0 atom stereocenters. The Hall–Kier alpha value is -3.08. The zero-order chi connectivity index (χ0) is 22.0. The maximum Gasteiger partial charge on any atom is 0.335 e. The van der Waals surface area contributed by atoms with E-state index < -0.39 is 5.97 Å². The monoisotopic (exact) mass is 395 g/mol. The largest absolute Gasteiger partial charge is 0.507 e. The van der Waals surface area contributed by atoms with Crippen molar-refractivity contribution >= 4 is 23.6 Å². The van der Waals surface area contributed by atoms with Gasteiger partial charge in [0.15, 0.2) is 0 Å². The maximum atomic E-state index is 12.3. The number of carbonyl (C=O) groups excluding carboxylic acids is 1. The van der Waals surface area contributed by atoms with Gasteiger partial charge in [0.1, 0.15) is 5.75 Å². The molecule has 29 heavy (non-hydrogen) atoms. The molecule has 5 nitrogen and oxygen atoms in total. The fraction of sp³-hybridized carbons (Fsp3) is 0.333. The van der Waals surface area contributed by atoms with Crippen LogP contribution in [0.4, 0.5) is 5.69 Å². The summed E-state index contributed by atoms with van der Waals surface area (Å²) in [6.07, 6.45) is 3.14. The van der Waals surface area contributed by atoms with E-state index in [1.54, 1.807) is 18.2 Å². The second kappa shape index (κ2) is 8.11. The Morgan fingerprint density at radius 1 is 0.897 bits per heavy atom. The van der Waals surface area contributed by atoms with Crippen LogP contribution in [0.15, 0.2) is 42.5 Å². The number of nitrogens with one attached hydrogen (secondary N) is 1. The molecule has 0 radical (unpaired) electrons. The minimum atomic E-state index is -1.01. The first-order valence-electron chi connectivity index (χ1n) is 9.49. The van der Waals surface area contributed by atoms with E-state index in [-0.39, 0.29) is 22.3 Å². The Morgan fingerprint density at radius 2 is 1.38 bits per heavy atom. The van der Waals surface area contributed by atoms with Crippen molar-refractivity contribution in [2.45, 2.75) is 52.4 Å². The lowest BCUT2D eigenvalue weighted by Crippen LogP contribution is -2.17. The number of aromatic hydroxyl groups is 1. The second-order valence-corrected chi connectivity index (χ2v) is 9.17. The Morgan fingerprint density at radius 3 is 1.79 bits per heavy atom. The number of anilines is 1. The van der Waals surface area contributed by atoms with Crippen LogP contribution in [-0.2, 0) is 15.6 Å². The fourth-order valence-corrected chi connectivity index (χ4v) is 2.95. The molecule has 0 aliphatic carbocycles. The summed E-state index contributed by atoms with van der Waals surface area (Å²) in [6.45, 7) is 12.2. The van der Waals surface area contributed by atoms with Gasteiger partial charge in [0.2, 0.25) is 5.91 Å². The smallest absolute Gasteiger partial charge is 0.335 e. The summed E-state index contributed by atoms with van der Waals surface area (Å²) in [4.78, 5) is 23.2. The van der Waals surface area contributed by atoms with Gasteiger partial charge in [-0.25, -0.2) is 4.79 Å². The van der Waals surface area contributed by atoms with Crippen molar-refractivity contribution in [3.05, 3.63) is 64.7 Å². The van der Waals surface area contributed by atoms with E-state index in [1.807, 2.05) is 53.7 Å². The molecule has 0 heterocycles. The SMILES string of the molecule is CC(C)(C)c1cc(C=CC(=O)Nc2ccc(C(=O)O)cc2)cc(C(C)(C)C)c1O. The Bertz CT molecular complexity index is 907. The quantitative estimate of drug-likeness (QED) is 0.610. The predicted octanol–water partition coefficient (Wildman–Crippen LogP) is 5.34. The number of carboxylic acids is 1. The minimum absolute atomic E-state index is 0.159. The molecule has 2 aromatic carbocycles. The first-order chi connectivity index (χ1) is 13.3. The van der Waals surface area contributed by atoms with Crippen LogP contribution in [0.25, 0.3) is 6.08 Å². The van der Waals surface area contributed by atoms with Crippen LogP contribution < -0.4 is 5.32 Å². The Kier molecular flexibility index (Phi) is 6.21. The van der Waals surface area contributed by atoms with Crippen LogP contribution in [0, 0.1) is 0 Å². The second-order valence-electron chi connectivity index (χ2n) is 9.17. The molecule has 0 fully saturated rings. The zero-order valence-corrected chi connectivity index (χ0v) is 17.8. The zero-order valence-electron chi connectivity index (χ0n) is 17.8. The highest BCUT2D eigenvalue weighted by molar-refractivity contribution is 6.02. The minimum Gasteiger partial charge on any atom is -0.507 e. The van der Waals surface area contributed by atoms with Crippen molar-refractivity contribution in [2.75, 3.05) is 5.32 Å². The molecule has 0 aliphatic heterocycles. The molecule has 0 aliphatic rings. The van der Waals surface area contributed by atoms with Crippen molar-refractivity contribution in [1.29, 1.82) is 0 Å². The summed E-state index contributed by atoms with van der Waals surface area (Å²) in [6, 6.07) is 9.77. The van der Waals surface area contributed by atoms with E-state index >= 15 is 0 Å². The fourth-order valence-electron chi connectivity index (χ4n) is 2.95. The van der Waals surface area contributed by atoms with Gasteiger partial charge in [-0.15, -0.1) is 0 Å². The third-order valence-electron chi connectivity index (χ3n) is 4.57. The van der Waals surface area contributed by atoms with Crippen LogP contribution in [-0.4, -0.2) is 22.1 Å². The third-order valence-corrected chi connectivity index (χ3v) is 4.57. The predicted molar refractivity (Wildman–Crippen MR) is 117 cm³/mol. The molecular formula is C24H29NO4. The Labute approximate surface area is 172 Å². The first-order valence-corrected chi connectivity index (χ1v) is 9.49. The van der Waals surface area contributed by atoms with E-state index in [9.17, 15) is 14.7 Å². The number of rotatable bonds is 4. The highest BCUT2D eigenvalue weighted by Gasteiger charge is 2.26. The van der Waals surface area contributed by atoms with Gasteiger partial charge in [-0.1, -0.05) is 41.5 Å². The summed E-state index contributed by atoms with van der Waals surface area (Å²) >= 11 is 0.